The molecule has 0 aliphatic heterocycles. The summed E-state index contributed by atoms with van der Waals surface area (Å²) in [6.07, 6.45) is 2.04. The molecule has 0 saturated heterocycles. The second-order valence-electron chi connectivity index (χ2n) is 3.48. The van der Waals surface area contributed by atoms with Crippen molar-refractivity contribution in [1.82, 2.24) is 5.32 Å². The minimum atomic E-state index is 0.276. The maximum Gasteiger partial charge on any atom is 0.169 e. The van der Waals surface area contributed by atoms with Crippen LogP contribution < -0.4 is 5.32 Å². The Morgan fingerprint density at radius 1 is 1.64 bits per heavy atom. The van der Waals surface area contributed by atoms with Gasteiger partial charge in [-0.25, -0.2) is 0 Å². The number of allylic oxidation sites excluding steroid dienone is 1. The van der Waals surface area contributed by atoms with Crippen molar-refractivity contribution in [3.63, 3.8) is 0 Å². The van der Waals surface area contributed by atoms with E-state index in [0.717, 1.165) is 23.3 Å². The number of halogens is 1. The van der Waals surface area contributed by atoms with Crippen molar-refractivity contribution in [2.24, 2.45) is 0 Å². The van der Waals surface area contributed by atoms with Crippen molar-refractivity contribution in [3.05, 3.63) is 34.7 Å². The molecule has 3 heteroatoms. The van der Waals surface area contributed by atoms with E-state index >= 15 is 0 Å². The Balaban J connectivity index is 2.58. The molecular formula is C11H16BrNO. The van der Waals surface area contributed by atoms with E-state index in [0.29, 0.717) is 0 Å². The van der Waals surface area contributed by atoms with Crippen LogP contribution in [0.1, 0.15) is 31.6 Å². The first-order chi connectivity index (χ1) is 6.63. The van der Waals surface area contributed by atoms with Gasteiger partial charge < -0.3 is 9.73 Å². The van der Waals surface area contributed by atoms with Gasteiger partial charge in [-0.2, -0.15) is 0 Å². The summed E-state index contributed by atoms with van der Waals surface area (Å²) >= 11 is 3.30. The molecule has 2 nitrogen and oxygen atoms in total. The Morgan fingerprint density at radius 3 is 2.79 bits per heavy atom. The van der Waals surface area contributed by atoms with E-state index < -0.39 is 0 Å². The predicted molar refractivity (Wildman–Crippen MR) is 62.3 cm³/mol. The zero-order chi connectivity index (χ0) is 10.6. The molecule has 0 spiro atoms. The summed E-state index contributed by atoms with van der Waals surface area (Å²) in [5.41, 5.74) is 1.20. The Hall–Kier alpha value is -0.540. The topological polar surface area (TPSA) is 25.2 Å². The summed E-state index contributed by atoms with van der Waals surface area (Å²) < 4.78 is 6.27. The average Bonchev–Trinajstić information content (AvgIpc) is 2.53. The highest BCUT2D eigenvalue weighted by Gasteiger charge is 2.12. The molecule has 0 radical (unpaired) electrons. The Morgan fingerprint density at radius 2 is 2.36 bits per heavy atom. The van der Waals surface area contributed by atoms with E-state index in [1.807, 2.05) is 26.1 Å². The molecule has 1 rings (SSSR count). The highest BCUT2D eigenvalue weighted by Crippen LogP contribution is 2.24. The van der Waals surface area contributed by atoms with Gasteiger partial charge in [0.25, 0.3) is 0 Å². The van der Waals surface area contributed by atoms with E-state index in [1.54, 1.807) is 0 Å². The van der Waals surface area contributed by atoms with Crippen LogP contribution >= 0.6 is 15.9 Å². The molecule has 0 bridgehead atoms. The van der Waals surface area contributed by atoms with Crippen LogP contribution in [0.3, 0.4) is 0 Å². The fourth-order valence-corrected chi connectivity index (χ4v) is 1.65. The normalized spacial score (nSPS) is 12.8. The smallest absolute Gasteiger partial charge is 0.169 e. The fraction of sp³-hybridized carbons (Fsp3) is 0.455. The van der Waals surface area contributed by atoms with Crippen LogP contribution in [0.2, 0.25) is 0 Å². The summed E-state index contributed by atoms with van der Waals surface area (Å²) in [7, 11) is 1.94. The molecule has 14 heavy (non-hydrogen) atoms. The van der Waals surface area contributed by atoms with Crippen molar-refractivity contribution in [1.29, 1.82) is 0 Å². The molecule has 1 unspecified atom stereocenters. The number of rotatable bonds is 5. The molecule has 0 aliphatic rings. The molecule has 1 N–H and O–H groups in total. The average molecular weight is 258 g/mol. The summed E-state index contributed by atoms with van der Waals surface area (Å²) in [5.74, 6) is 0.973. The molecule has 1 atom stereocenters. The molecule has 1 aromatic heterocycles. The molecule has 0 aliphatic carbocycles. The number of furan rings is 1. The second kappa shape index (κ2) is 5.37. The van der Waals surface area contributed by atoms with Gasteiger partial charge >= 0.3 is 0 Å². The first-order valence-electron chi connectivity index (χ1n) is 4.70. The van der Waals surface area contributed by atoms with Gasteiger partial charge in [-0.3, -0.25) is 0 Å². The quantitative estimate of drug-likeness (QED) is 0.815. The molecule has 0 aromatic carbocycles. The maximum atomic E-state index is 5.49. The van der Waals surface area contributed by atoms with Crippen LogP contribution in [0.15, 0.2) is 33.4 Å². The molecule has 0 amide bonds. The van der Waals surface area contributed by atoms with E-state index in [4.69, 9.17) is 4.42 Å². The molecule has 0 fully saturated rings. The largest absolute Gasteiger partial charge is 0.453 e. The van der Waals surface area contributed by atoms with Gasteiger partial charge in [0.1, 0.15) is 5.76 Å². The maximum absolute atomic E-state index is 5.49. The fourth-order valence-electron chi connectivity index (χ4n) is 1.34. The van der Waals surface area contributed by atoms with Gasteiger partial charge in [-0.05, 0) is 54.9 Å². The van der Waals surface area contributed by atoms with E-state index in [-0.39, 0.29) is 6.04 Å². The summed E-state index contributed by atoms with van der Waals surface area (Å²) in [4.78, 5) is 0. The minimum Gasteiger partial charge on any atom is -0.453 e. The van der Waals surface area contributed by atoms with Gasteiger partial charge in [0, 0.05) is 0 Å². The van der Waals surface area contributed by atoms with Crippen molar-refractivity contribution < 1.29 is 4.42 Å². The third-order valence-electron chi connectivity index (χ3n) is 2.15. The number of hydrogen-bond donors (Lipinski definition) is 1. The minimum absolute atomic E-state index is 0.276. The van der Waals surface area contributed by atoms with Crippen LogP contribution in [0.5, 0.6) is 0 Å². The summed E-state index contributed by atoms with van der Waals surface area (Å²) in [6.45, 7) is 5.94. The van der Waals surface area contributed by atoms with Crippen molar-refractivity contribution in [3.8, 4) is 0 Å². The SMILES string of the molecule is C=C(C)CCC(NC)c1ccc(Br)o1. The standard InChI is InChI=1S/C11H16BrNO/c1-8(2)4-5-9(13-3)10-6-7-11(12)14-10/h6-7,9,13H,1,4-5H2,2-3H3. The monoisotopic (exact) mass is 257 g/mol. The Bertz CT molecular complexity index is 306. The lowest BCUT2D eigenvalue weighted by molar-refractivity contribution is 0.403. The van der Waals surface area contributed by atoms with E-state index in [9.17, 15) is 0 Å². The second-order valence-corrected chi connectivity index (χ2v) is 4.26. The third kappa shape index (κ3) is 3.31. The molecule has 1 aromatic rings. The van der Waals surface area contributed by atoms with Gasteiger partial charge in [0.15, 0.2) is 4.67 Å². The van der Waals surface area contributed by atoms with Crippen LogP contribution in [-0.2, 0) is 0 Å². The first kappa shape index (κ1) is 11.5. The van der Waals surface area contributed by atoms with Crippen molar-refractivity contribution in [2.75, 3.05) is 7.05 Å². The number of hydrogen-bond acceptors (Lipinski definition) is 2. The summed E-state index contributed by atoms with van der Waals surface area (Å²) in [5, 5.41) is 3.23. The van der Waals surface area contributed by atoms with Gasteiger partial charge in [0.2, 0.25) is 0 Å². The van der Waals surface area contributed by atoms with Crippen LogP contribution in [0.4, 0.5) is 0 Å². The van der Waals surface area contributed by atoms with Crippen molar-refractivity contribution >= 4 is 15.9 Å². The molecule has 0 saturated carbocycles. The number of nitrogens with one attached hydrogen (secondary N) is 1. The third-order valence-corrected chi connectivity index (χ3v) is 2.57. The lowest BCUT2D eigenvalue weighted by atomic mass is 10.1. The van der Waals surface area contributed by atoms with E-state index in [2.05, 4.69) is 27.8 Å². The van der Waals surface area contributed by atoms with Gasteiger partial charge in [-0.1, -0.05) is 5.57 Å². The first-order valence-corrected chi connectivity index (χ1v) is 5.49. The molecular weight excluding hydrogens is 242 g/mol. The Kier molecular flexibility index (Phi) is 4.42. The van der Waals surface area contributed by atoms with Gasteiger partial charge in [-0.15, -0.1) is 6.58 Å². The summed E-state index contributed by atoms with van der Waals surface area (Å²) in [6, 6.07) is 4.18. The lowest BCUT2D eigenvalue weighted by Gasteiger charge is -2.12. The van der Waals surface area contributed by atoms with Crippen LogP contribution in [0, 0.1) is 0 Å². The Labute approximate surface area is 93.5 Å². The highest BCUT2D eigenvalue weighted by molar-refractivity contribution is 9.10. The van der Waals surface area contributed by atoms with Gasteiger partial charge in [0.05, 0.1) is 6.04 Å². The molecule has 1 heterocycles. The predicted octanol–water partition coefficient (Wildman–Crippen LogP) is 3.66. The zero-order valence-electron chi connectivity index (χ0n) is 8.64. The van der Waals surface area contributed by atoms with Crippen LogP contribution in [-0.4, -0.2) is 7.05 Å². The lowest BCUT2D eigenvalue weighted by Crippen LogP contribution is -2.15. The van der Waals surface area contributed by atoms with E-state index in [1.165, 1.54) is 5.57 Å². The highest BCUT2D eigenvalue weighted by atomic mass is 79.9. The van der Waals surface area contributed by atoms with Crippen molar-refractivity contribution in [2.45, 2.75) is 25.8 Å². The van der Waals surface area contributed by atoms with Crippen LogP contribution in [0.25, 0.3) is 0 Å². The molecule has 78 valence electrons. The zero-order valence-corrected chi connectivity index (χ0v) is 10.2.